The van der Waals surface area contributed by atoms with Crippen molar-refractivity contribution in [2.24, 2.45) is 0 Å². The van der Waals surface area contributed by atoms with Gasteiger partial charge >= 0.3 is 0 Å². The maximum absolute atomic E-state index is 5.22. The Morgan fingerprint density at radius 1 is 0.442 bits per heavy atom. The molecule has 0 saturated heterocycles. The Labute approximate surface area is 308 Å². The molecule has 2 aromatic heterocycles. The molecule has 0 aliphatic heterocycles. The van der Waals surface area contributed by atoms with Crippen LogP contribution in [0.15, 0.2) is 182 Å². The van der Waals surface area contributed by atoms with Gasteiger partial charge in [0.2, 0.25) is 0 Å². The Morgan fingerprint density at radius 2 is 1.08 bits per heavy atom. The molecule has 0 bridgehead atoms. The van der Waals surface area contributed by atoms with Gasteiger partial charge < -0.3 is 0 Å². The van der Waals surface area contributed by atoms with E-state index in [0.29, 0.717) is 0 Å². The first kappa shape index (κ1) is 30.8. The summed E-state index contributed by atoms with van der Waals surface area (Å²) in [5, 5.41) is 8.14. The second-order valence-electron chi connectivity index (χ2n) is 13.7. The first-order valence-electron chi connectivity index (χ1n) is 17.9. The van der Waals surface area contributed by atoms with Gasteiger partial charge in [-0.1, -0.05) is 146 Å². The van der Waals surface area contributed by atoms with E-state index in [1.165, 1.54) is 63.2 Å². The molecule has 0 unspecified atom stereocenters. The van der Waals surface area contributed by atoms with Gasteiger partial charge in [-0.3, -0.25) is 0 Å². The normalized spacial score (nSPS) is 12.5. The third-order valence-corrected chi connectivity index (χ3v) is 16.7. The van der Waals surface area contributed by atoms with Crippen molar-refractivity contribution in [1.82, 2.24) is 9.97 Å². The van der Waals surface area contributed by atoms with Crippen molar-refractivity contribution in [1.29, 1.82) is 0 Å². The van der Waals surface area contributed by atoms with E-state index in [1.807, 2.05) is 23.6 Å². The molecule has 1 aliphatic carbocycles. The van der Waals surface area contributed by atoms with Gasteiger partial charge in [0.1, 0.15) is 0 Å². The molecule has 0 N–H and O–H groups in total. The molecule has 0 saturated carbocycles. The molecule has 0 amide bonds. The smallest absolute Gasteiger partial charge is 0.179 e. The van der Waals surface area contributed by atoms with E-state index in [9.17, 15) is 0 Å². The lowest BCUT2D eigenvalue weighted by molar-refractivity contribution is 0.944. The number of benzene rings is 7. The lowest BCUT2D eigenvalue weighted by atomic mass is 9.84. The van der Waals surface area contributed by atoms with Gasteiger partial charge in [0, 0.05) is 37.5 Å². The quantitative estimate of drug-likeness (QED) is 0.128. The number of thiophene rings is 1. The van der Waals surface area contributed by atoms with Gasteiger partial charge in [0.05, 0.1) is 5.69 Å². The van der Waals surface area contributed by atoms with Crippen LogP contribution in [0.4, 0.5) is 0 Å². The summed E-state index contributed by atoms with van der Waals surface area (Å²) in [7, 11) is -2.66. The van der Waals surface area contributed by atoms with E-state index >= 15 is 0 Å². The minimum Gasteiger partial charge on any atom is -0.237 e. The van der Waals surface area contributed by atoms with Crippen LogP contribution in [-0.4, -0.2) is 18.0 Å². The van der Waals surface area contributed by atoms with Crippen molar-refractivity contribution < 1.29 is 0 Å². The van der Waals surface area contributed by atoms with Gasteiger partial charge in [-0.05, 0) is 86.2 Å². The fourth-order valence-electron chi connectivity index (χ4n) is 8.38. The first-order valence-corrected chi connectivity index (χ1v) is 20.8. The summed E-state index contributed by atoms with van der Waals surface area (Å²) >= 11 is 1.89. The summed E-state index contributed by atoms with van der Waals surface area (Å²) in [6, 6.07) is 64.8. The van der Waals surface area contributed by atoms with E-state index in [0.717, 1.165) is 35.5 Å². The Kier molecular flexibility index (Phi) is 7.52. The standard InChI is InChI=1S/C48H34N2SSi/c1-4-14-37(15-5-1)52(38-16-6-2-7-17-38,39-18-8-3-9-19-39)40-20-12-13-35(30-40)45-27-28-49-48(50-45)36-25-26-41-33(29-36)23-24-34-31-44-42-21-10-11-22-46(42)51-47(44)32-43(34)41/h1-22,25-32H,23-24H2. The van der Waals surface area contributed by atoms with Crippen LogP contribution in [-0.2, 0) is 12.8 Å². The summed E-state index contributed by atoms with van der Waals surface area (Å²) in [4.78, 5) is 10.0. The summed E-state index contributed by atoms with van der Waals surface area (Å²) in [5.41, 5.74) is 8.59. The van der Waals surface area contributed by atoms with E-state index in [-0.39, 0.29) is 0 Å². The van der Waals surface area contributed by atoms with Crippen LogP contribution < -0.4 is 20.7 Å². The van der Waals surface area contributed by atoms with Gasteiger partial charge in [0.25, 0.3) is 0 Å². The van der Waals surface area contributed by atoms with E-state index in [4.69, 9.17) is 9.97 Å². The third-order valence-electron chi connectivity index (χ3n) is 10.8. The highest BCUT2D eigenvalue weighted by Gasteiger charge is 2.41. The number of aryl methyl sites for hydroxylation is 2. The van der Waals surface area contributed by atoms with Crippen LogP contribution in [0.2, 0.25) is 0 Å². The molecule has 0 atom stereocenters. The third kappa shape index (κ3) is 5.06. The zero-order valence-corrected chi connectivity index (χ0v) is 30.4. The fraction of sp³-hybridized carbons (Fsp3) is 0.0417. The monoisotopic (exact) mass is 698 g/mol. The van der Waals surface area contributed by atoms with Crippen LogP contribution in [0.25, 0.3) is 53.9 Å². The number of hydrogen-bond acceptors (Lipinski definition) is 3. The molecule has 9 aromatic rings. The van der Waals surface area contributed by atoms with Crippen molar-refractivity contribution in [2.45, 2.75) is 12.8 Å². The van der Waals surface area contributed by atoms with Crippen molar-refractivity contribution in [3.63, 3.8) is 0 Å². The van der Waals surface area contributed by atoms with Crippen LogP contribution in [0.3, 0.4) is 0 Å². The fourth-order valence-corrected chi connectivity index (χ4v) is 14.3. The molecule has 0 fully saturated rings. The number of hydrogen-bond donors (Lipinski definition) is 0. The first-order chi connectivity index (χ1) is 25.8. The number of rotatable bonds is 6. The molecule has 4 heteroatoms. The average molecular weight is 699 g/mol. The average Bonchev–Trinajstić information content (AvgIpc) is 3.59. The summed E-state index contributed by atoms with van der Waals surface area (Å²) in [6.45, 7) is 0. The Balaban J connectivity index is 1.06. The lowest BCUT2D eigenvalue weighted by Gasteiger charge is -2.34. The topological polar surface area (TPSA) is 25.8 Å². The summed E-state index contributed by atoms with van der Waals surface area (Å²) in [6.07, 6.45) is 3.96. The van der Waals surface area contributed by atoms with Crippen molar-refractivity contribution in [3.8, 4) is 33.8 Å². The molecule has 7 aromatic carbocycles. The maximum atomic E-state index is 5.22. The molecule has 10 rings (SSSR count). The van der Waals surface area contributed by atoms with Crippen LogP contribution >= 0.6 is 11.3 Å². The zero-order valence-electron chi connectivity index (χ0n) is 28.5. The molecule has 52 heavy (non-hydrogen) atoms. The minimum absolute atomic E-state index is 0.758. The van der Waals surface area contributed by atoms with Gasteiger partial charge in [-0.25, -0.2) is 9.97 Å². The molecule has 0 radical (unpaired) electrons. The van der Waals surface area contributed by atoms with Crippen LogP contribution in [0.5, 0.6) is 0 Å². The highest BCUT2D eigenvalue weighted by Crippen LogP contribution is 2.42. The zero-order chi connectivity index (χ0) is 34.5. The van der Waals surface area contributed by atoms with Crippen LogP contribution in [0, 0.1) is 0 Å². The Bertz CT molecular complexity index is 2640. The van der Waals surface area contributed by atoms with Gasteiger partial charge in [-0.2, -0.15) is 0 Å². The van der Waals surface area contributed by atoms with E-state index in [2.05, 4.69) is 170 Å². The molecule has 2 nitrogen and oxygen atoms in total. The largest absolute Gasteiger partial charge is 0.237 e. The minimum atomic E-state index is -2.66. The number of aromatic nitrogens is 2. The number of fused-ring (bicyclic) bond motifs is 6. The van der Waals surface area contributed by atoms with E-state index < -0.39 is 8.07 Å². The molecule has 0 spiro atoms. The predicted molar refractivity (Wildman–Crippen MR) is 222 cm³/mol. The maximum Gasteiger partial charge on any atom is 0.179 e. The Hall–Kier alpha value is -5.94. The lowest BCUT2D eigenvalue weighted by Crippen LogP contribution is -2.74. The highest BCUT2D eigenvalue weighted by molar-refractivity contribution is 7.25. The molecule has 2 heterocycles. The second kappa shape index (κ2) is 12.7. The van der Waals surface area contributed by atoms with Crippen molar-refractivity contribution in [2.75, 3.05) is 0 Å². The Morgan fingerprint density at radius 3 is 1.79 bits per heavy atom. The molecule has 1 aliphatic rings. The van der Waals surface area contributed by atoms with Crippen molar-refractivity contribution >= 4 is 60.3 Å². The number of nitrogens with zero attached hydrogens (tertiary/aromatic N) is 2. The van der Waals surface area contributed by atoms with Crippen molar-refractivity contribution in [3.05, 3.63) is 193 Å². The molecular formula is C48H34N2SSi. The SMILES string of the molecule is c1ccc([Si](c2ccccc2)(c2ccccc2)c2cccc(-c3ccnc(-c4ccc5c(c4)CCc4cc6c(cc4-5)sc4ccccc46)n3)c2)cc1. The second-order valence-corrected chi connectivity index (χ2v) is 18.6. The summed E-state index contributed by atoms with van der Waals surface area (Å²) < 4.78 is 2.71. The molecule has 246 valence electrons. The predicted octanol–water partition coefficient (Wildman–Crippen LogP) is 9.32. The van der Waals surface area contributed by atoms with Gasteiger partial charge in [0.15, 0.2) is 13.9 Å². The molecular weight excluding hydrogens is 665 g/mol. The highest BCUT2D eigenvalue weighted by atomic mass is 32.1. The summed E-state index contributed by atoms with van der Waals surface area (Å²) in [5.74, 6) is 0.758. The van der Waals surface area contributed by atoms with Gasteiger partial charge in [-0.15, -0.1) is 11.3 Å². The van der Waals surface area contributed by atoms with Crippen LogP contribution in [0.1, 0.15) is 11.1 Å². The van der Waals surface area contributed by atoms with E-state index in [1.54, 1.807) is 0 Å².